The summed E-state index contributed by atoms with van der Waals surface area (Å²) in [5.74, 6) is 1.73. The molecule has 3 heterocycles. The quantitative estimate of drug-likeness (QED) is 0.222. The summed E-state index contributed by atoms with van der Waals surface area (Å²) < 4.78 is 15.6. The largest absolute Gasteiger partial charge is 0.496 e. The second-order valence-corrected chi connectivity index (χ2v) is 9.86. The number of hydrogen-bond acceptors (Lipinski definition) is 6. The highest BCUT2D eigenvalue weighted by Crippen LogP contribution is 2.33. The highest BCUT2D eigenvalue weighted by atomic mass is 32.2. The summed E-state index contributed by atoms with van der Waals surface area (Å²) in [4.78, 5) is 13.3. The average molecular weight is 503 g/mol. The first-order valence-electron chi connectivity index (χ1n) is 12.2. The standard InChI is InChI=1S/C28H30N4O3S/c1-19-16-24(20(2)31(19)17-22-12-9-15-35-22)25(33)18-36-28-30-29-27(23-13-7-8-14-26(23)34-3)32(28)21-10-5-4-6-11-21/h4-8,10-11,13-14,16,22H,9,12,15,17-18H2,1-3H3/t22-/m0/s1. The number of thioether (sulfide) groups is 1. The summed E-state index contributed by atoms with van der Waals surface area (Å²) in [7, 11) is 1.64. The Morgan fingerprint density at radius 2 is 1.89 bits per heavy atom. The van der Waals surface area contributed by atoms with Gasteiger partial charge in [0.15, 0.2) is 16.8 Å². The van der Waals surface area contributed by atoms with Crippen molar-refractivity contribution in [3.8, 4) is 22.8 Å². The maximum Gasteiger partial charge on any atom is 0.196 e. The monoisotopic (exact) mass is 502 g/mol. The van der Waals surface area contributed by atoms with E-state index in [2.05, 4.69) is 21.7 Å². The van der Waals surface area contributed by atoms with Crippen molar-refractivity contribution < 1.29 is 14.3 Å². The van der Waals surface area contributed by atoms with E-state index >= 15 is 0 Å². The van der Waals surface area contributed by atoms with E-state index in [0.29, 0.717) is 16.7 Å². The Morgan fingerprint density at radius 3 is 2.64 bits per heavy atom. The molecule has 2 aromatic heterocycles. The van der Waals surface area contributed by atoms with E-state index in [1.807, 2.05) is 72.2 Å². The number of hydrogen-bond donors (Lipinski definition) is 0. The lowest BCUT2D eigenvalue weighted by Gasteiger charge is -2.14. The highest BCUT2D eigenvalue weighted by Gasteiger charge is 2.23. The third-order valence-electron chi connectivity index (χ3n) is 6.61. The number of Topliss-reactive ketones (excluding diaryl/α,β-unsaturated/α-hetero) is 1. The number of carbonyl (C=O) groups excluding carboxylic acids is 1. The second-order valence-electron chi connectivity index (χ2n) is 8.92. The third kappa shape index (κ3) is 4.83. The molecule has 1 fully saturated rings. The Morgan fingerprint density at radius 1 is 1.11 bits per heavy atom. The molecule has 0 aliphatic carbocycles. The molecule has 0 radical (unpaired) electrons. The van der Waals surface area contributed by atoms with Gasteiger partial charge in [-0.05, 0) is 57.0 Å². The number of ketones is 1. The molecule has 0 spiro atoms. The Balaban J connectivity index is 1.41. The molecule has 4 aromatic rings. The lowest BCUT2D eigenvalue weighted by molar-refractivity contribution is 0.0957. The van der Waals surface area contributed by atoms with Crippen LogP contribution in [-0.2, 0) is 11.3 Å². The molecular formula is C28H30N4O3S. The maximum absolute atomic E-state index is 13.3. The van der Waals surface area contributed by atoms with Crippen LogP contribution in [-0.4, -0.2) is 50.7 Å². The van der Waals surface area contributed by atoms with Gasteiger partial charge in [0, 0.05) is 35.8 Å². The number of aryl methyl sites for hydroxylation is 1. The van der Waals surface area contributed by atoms with Crippen LogP contribution in [0.2, 0.25) is 0 Å². The van der Waals surface area contributed by atoms with Crippen LogP contribution in [0.1, 0.15) is 34.6 Å². The zero-order valence-corrected chi connectivity index (χ0v) is 21.6. The molecule has 0 unspecified atom stereocenters. The van der Waals surface area contributed by atoms with Crippen LogP contribution < -0.4 is 4.74 Å². The number of methoxy groups -OCH3 is 1. The predicted octanol–water partition coefficient (Wildman–Crippen LogP) is 5.52. The van der Waals surface area contributed by atoms with Crippen molar-refractivity contribution in [2.45, 2.75) is 44.5 Å². The van der Waals surface area contributed by atoms with Gasteiger partial charge in [0.05, 0.1) is 24.5 Å². The van der Waals surface area contributed by atoms with Gasteiger partial charge >= 0.3 is 0 Å². The molecule has 0 saturated carbocycles. The molecule has 36 heavy (non-hydrogen) atoms. The smallest absolute Gasteiger partial charge is 0.196 e. The Hall–Kier alpha value is -3.36. The lowest BCUT2D eigenvalue weighted by atomic mass is 10.2. The molecule has 1 aliphatic rings. The minimum atomic E-state index is 0.0770. The van der Waals surface area contributed by atoms with Crippen LogP contribution in [0, 0.1) is 13.8 Å². The Kier molecular flexibility index (Phi) is 7.25. The molecule has 1 saturated heterocycles. The van der Waals surface area contributed by atoms with Gasteiger partial charge in [-0.1, -0.05) is 42.1 Å². The van der Waals surface area contributed by atoms with E-state index in [-0.39, 0.29) is 17.6 Å². The van der Waals surface area contributed by atoms with Gasteiger partial charge < -0.3 is 14.0 Å². The van der Waals surface area contributed by atoms with Gasteiger partial charge in [-0.3, -0.25) is 9.36 Å². The second kappa shape index (κ2) is 10.7. The van der Waals surface area contributed by atoms with E-state index in [1.54, 1.807) is 7.11 Å². The number of aromatic nitrogens is 4. The van der Waals surface area contributed by atoms with E-state index in [1.165, 1.54) is 11.8 Å². The Bertz CT molecular complexity index is 1360. The van der Waals surface area contributed by atoms with E-state index in [4.69, 9.17) is 9.47 Å². The van der Waals surface area contributed by atoms with Crippen LogP contribution in [0.25, 0.3) is 17.1 Å². The fourth-order valence-corrected chi connectivity index (χ4v) is 5.58. The maximum atomic E-state index is 13.3. The number of nitrogens with zero attached hydrogens (tertiary/aromatic N) is 4. The summed E-state index contributed by atoms with van der Waals surface area (Å²) in [6, 6.07) is 19.7. The molecule has 1 atom stereocenters. The molecular weight excluding hydrogens is 472 g/mol. The highest BCUT2D eigenvalue weighted by molar-refractivity contribution is 7.99. The fourth-order valence-electron chi connectivity index (χ4n) is 4.74. The average Bonchev–Trinajstić information content (AvgIpc) is 3.64. The van der Waals surface area contributed by atoms with Crippen LogP contribution in [0.15, 0.2) is 65.8 Å². The first-order chi connectivity index (χ1) is 17.6. The normalized spacial score (nSPS) is 15.4. The van der Waals surface area contributed by atoms with Gasteiger partial charge in [-0.2, -0.15) is 0 Å². The van der Waals surface area contributed by atoms with Crippen molar-refractivity contribution in [1.29, 1.82) is 0 Å². The van der Waals surface area contributed by atoms with Crippen molar-refractivity contribution in [2.24, 2.45) is 0 Å². The molecule has 8 heteroatoms. The topological polar surface area (TPSA) is 71.2 Å². The van der Waals surface area contributed by atoms with Gasteiger partial charge in [-0.15, -0.1) is 10.2 Å². The third-order valence-corrected chi connectivity index (χ3v) is 7.54. The van der Waals surface area contributed by atoms with E-state index < -0.39 is 0 Å². The predicted molar refractivity (Wildman–Crippen MR) is 141 cm³/mol. The van der Waals surface area contributed by atoms with Gasteiger partial charge in [0.25, 0.3) is 0 Å². The van der Waals surface area contributed by atoms with Crippen LogP contribution in [0.4, 0.5) is 0 Å². The molecule has 0 bridgehead atoms. The minimum absolute atomic E-state index is 0.0770. The van der Waals surface area contributed by atoms with Crippen LogP contribution in [0.5, 0.6) is 5.75 Å². The molecule has 0 amide bonds. The first kappa shape index (κ1) is 24.3. The van der Waals surface area contributed by atoms with Crippen molar-refractivity contribution >= 4 is 17.5 Å². The van der Waals surface area contributed by atoms with E-state index in [0.717, 1.165) is 54.2 Å². The first-order valence-corrected chi connectivity index (χ1v) is 13.1. The molecule has 5 rings (SSSR count). The fraction of sp³-hybridized carbons (Fsp3) is 0.321. The summed E-state index contributed by atoms with van der Waals surface area (Å²) in [6.45, 7) is 5.69. The molecule has 7 nitrogen and oxygen atoms in total. The number of carbonyl (C=O) groups is 1. The van der Waals surface area contributed by atoms with Crippen LogP contribution in [0.3, 0.4) is 0 Å². The minimum Gasteiger partial charge on any atom is -0.496 e. The van der Waals surface area contributed by atoms with Crippen molar-refractivity contribution in [2.75, 3.05) is 19.5 Å². The molecule has 186 valence electrons. The number of para-hydroxylation sites is 2. The number of rotatable bonds is 9. The summed E-state index contributed by atoms with van der Waals surface area (Å²) >= 11 is 1.40. The zero-order chi connectivity index (χ0) is 25.1. The van der Waals surface area contributed by atoms with Crippen molar-refractivity contribution in [1.82, 2.24) is 19.3 Å². The van der Waals surface area contributed by atoms with Crippen molar-refractivity contribution in [3.05, 3.63) is 77.6 Å². The SMILES string of the molecule is COc1ccccc1-c1nnc(SCC(=O)c2cc(C)n(C[C@@H]3CCCO3)c2C)n1-c1ccccc1. The van der Waals surface area contributed by atoms with Gasteiger partial charge in [0.2, 0.25) is 0 Å². The van der Waals surface area contributed by atoms with Gasteiger partial charge in [-0.25, -0.2) is 0 Å². The molecule has 2 aromatic carbocycles. The summed E-state index contributed by atoms with van der Waals surface area (Å²) in [6.07, 6.45) is 2.40. The number of ether oxygens (including phenoxy) is 2. The van der Waals surface area contributed by atoms with Crippen molar-refractivity contribution in [3.63, 3.8) is 0 Å². The summed E-state index contributed by atoms with van der Waals surface area (Å²) in [5.41, 5.74) is 4.60. The molecule has 0 N–H and O–H groups in total. The van der Waals surface area contributed by atoms with Gasteiger partial charge in [0.1, 0.15) is 5.75 Å². The lowest BCUT2D eigenvalue weighted by Crippen LogP contribution is -2.17. The summed E-state index contributed by atoms with van der Waals surface area (Å²) in [5, 5.41) is 9.62. The van der Waals surface area contributed by atoms with E-state index in [9.17, 15) is 4.79 Å². The number of benzene rings is 2. The Labute approximate surface area is 215 Å². The zero-order valence-electron chi connectivity index (χ0n) is 20.8. The van der Waals surface area contributed by atoms with Crippen LogP contribution >= 0.6 is 11.8 Å². The molecule has 1 aliphatic heterocycles.